The van der Waals surface area contributed by atoms with Crippen LogP contribution < -0.4 is 5.32 Å². The van der Waals surface area contributed by atoms with Crippen molar-refractivity contribution in [1.29, 1.82) is 0 Å². The summed E-state index contributed by atoms with van der Waals surface area (Å²) in [6, 6.07) is 7.75. The molecule has 1 heterocycles. The van der Waals surface area contributed by atoms with Gasteiger partial charge in [-0.05, 0) is 19.1 Å². The van der Waals surface area contributed by atoms with E-state index < -0.39 is 0 Å². The lowest BCUT2D eigenvalue weighted by Gasteiger charge is -1.94. The van der Waals surface area contributed by atoms with Crippen molar-refractivity contribution in [1.82, 2.24) is 10.3 Å². The molecule has 0 radical (unpaired) electrons. The van der Waals surface area contributed by atoms with Gasteiger partial charge in [0.2, 0.25) is 0 Å². The highest BCUT2D eigenvalue weighted by molar-refractivity contribution is 7.20. The summed E-state index contributed by atoms with van der Waals surface area (Å²) in [6.07, 6.45) is 0. The summed E-state index contributed by atoms with van der Waals surface area (Å²) in [5, 5.41) is 3.27. The molecule has 3 nitrogen and oxygen atoms in total. The third-order valence-corrected chi connectivity index (χ3v) is 2.86. The van der Waals surface area contributed by atoms with Crippen molar-refractivity contribution in [3.8, 4) is 0 Å². The van der Waals surface area contributed by atoms with Crippen molar-refractivity contribution in [2.75, 3.05) is 6.54 Å². The van der Waals surface area contributed by atoms with E-state index in [1.165, 1.54) is 11.3 Å². The van der Waals surface area contributed by atoms with Crippen molar-refractivity contribution < 1.29 is 4.79 Å². The molecule has 14 heavy (non-hydrogen) atoms. The van der Waals surface area contributed by atoms with E-state index in [4.69, 9.17) is 0 Å². The zero-order valence-corrected chi connectivity index (χ0v) is 8.60. The van der Waals surface area contributed by atoms with Crippen LogP contribution in [0.15, 0.2) is 24.3 Å². The molecule has 0 fully saturated rings. The van der Waals surface area contributed by atoms with Gasteiger partial charge in [-0.15, -0.1) is 11.3 Å². The minimum Gasteiger partial charge on any atom is -0.350 e. The van der Waals surface area contributed by atoms with Gasteiger partial charge in [-0.25, -0.2) is 4.98 Å². The zero-order valence-electron chi connectivity index (χ0n) is 7.78. The highest BCUT2D eigenvalue weighted by Gasteiger charge is 2.09. The van der Waals surface area contributed by atoms with Crippen LogP contribution in [0.5, 0.6) is 0 Å². The summed E-state index contributed by atoms with van der Waals surface area (Å²) in [6.45, 7) is 2.53. The SMILES string of the molecule is CCNC(=O)c1nc2ccccc2s1. The second-order valence-corrected chi connectivity index (χ2v) is 3.88. The maximum absolute atomic E-state index is 11.5. The molecule has 0 aliphatic heterocycles. The first-order chi connectivity index (χ1) is 6.81. The highest BCUT2D eigenvalue weighted by Crippen LogP contribution is 2.21. The van der Waals surface area contributed by atoms with E-state index in [2.05, 4.69) is 10.3 Å². The number of para-hydroxylation sites is 1. The number of nitrogens with one attached hydrogen (secondary N) is 1. The molecule has 4 heteroatoms. The molecule has 1 aromatic carbocycles. The fourth-order valence-electron chi connectivity index (χ4n) is 1.21. The maximum Gasteiger partial charge on any atom is 0.280 e. The van der Waals surface area contributed by atoms with Gasteiger partial charge < -0.3 is 5.32 Å². The number of nitrogens with zero attached hydrogens (tertiary/aromatic N) is 1. The monoisotopic (exact) mass is 206 g/mol. The number of benzene rings is 1. The predicted molar refractivity (Wildman–Crippen MR) is 57.6 cm³/mol. The van der Waals surface area contributed by atoms with E-state index >= 15 is 0 Å². The van der Waals surface area contributed by atoms with Gasteiger partial charge in [0.1, 0.15) is 0 Å². The van der Waals surface area contributed by atoms with Gasteiger partial charge in [-0.3, -0.25) is 4.79 Å². The van der Waals surface area contributed by atoms with Crippen LogP contribution in [0.2, 0.25) is 0 Å². The average molecular weight is 206 g/mol. The average Bonchev–Trinajstić information content (AvgIpc) is 2.61. The van der Waals surface area contributed by atoms with Gasteiger partial charge in [0.05, 0.1) is 10.2 Å². The molecule has 0 aliphatic rings. The number of carbonyl (C=O) groups is 1. The number of amides is 1. The van der Waals surface area contributed by atoms with Gasteiger partial charge in [0, 0.05) is 6.54 Å². The maximum atomic E-state index is 11.5. The van der Waals surface area contributed by atoms with Gasteiger partial charge in [0.25, 0.3) is 5.91 Å². The molecule has 0 saturated heterocycles. The largest absolute Gasteiger partial charge is 0.350 e. The lowest BCUT2D eigenvalue weighted by Crippen LogP contribution is -2.22. The lowest BCUT2D eigenvalue weighted by molar-refractivity contribution is 0.0955. The van der Waals surface area contributed by atoms with Gasteiger partial charge in [-0.1, -0.05) is 12.1 Å². The van der Waals surface area contributed by atoms with Crippen molar-refractivity contribution in [2.24, 2.45) is 0 Å². The van der Waals surface area contributed by atoms with Gasteiger partial charge in [0.15, 0.2) is 5.01 Å². The first kappa shape index (κ1) is 9.15. The summed E-state index contributed by atoms with van der Waals surface area (Å²) in [5.74, 6) is -0.0892. The normalized spacial score (nSPS) is 10.4. The van der Waals surface area contributed by atoms with E-state index in [-0.39, 0.29) is 5.91 Å². The summed E-state index contributed by atoms with van der Waals surface area (Å²) in [4.78, 5) is 15.7. The fourth-order valence-corrected chi connectivity index (χ4v) is 2.09. The first-order valence-corrected chi connectivity index (χ1v) is 5.26. The molecule has 72 valence electrons. The second kappa shape index (κ2) is 3.75. The smallest absolute Gasteiger partial charge is 0.280 e. The first-order valence-electron chi connectivity index (χ1n) is 4.45. The Bertz CT molecular complexity index is 431. The molecule has 0 spiro atoms. The molecule has 0 saturated carbocycles. The number of rotatable bonds is 2. The van der Waals surface area contributed by atoms with Crippen LogP contribution in [0.1, 0.15) is 16.7 Å². The van der Waals surface area contributed by atoms with Crippen LogP contribution in [0.4, 0.5) is 0 Å². The molecule has 1 amide bonds. The molecule has 1 aromatic heterocycles. The molecular formula is C10H10N2OS. The topological polar surface area (TPSA) is 42.0 Å². The third-order valence-electron chi connectivity index (χ3n) is 1.83. The Balaban J connectivity index is 2.40. The van der Waals surface area contributed by atoms with Crippen LogP contribution in [0.25, 0.3) is 10.2 Å². The lowest BCUT2D eigenvalue weighted by atomic mass is 10.3. The fraction of sp³-hybridized carbons (Fsp3) is 0.200. The minimum absolute atomic E-state index is 0.0892. The molecular weight excluding hydrogens is 196 g/mol. The Labute approximate surface area is 85.8 Å². The van der Waals surface area contributed by atoms with E-state index in [1.54, 1.807) is 0 Å². The number of hydrogen-bond acceptors (Lipinski definition) is 3. The predicted octanol–water partition coefficient (Wildman–Crippen LogP) is 2.05. The molecule has 0 unspecified atom stereocenters. The van der Waals surface area contributed by atoms with E-state index in [9.17, 15) is 4.79 Å². The van der Waals surface area contributed by atoms with E-state index in [1.807, 2.05) is 31.2 Å². The molecule has 2 rings (SSSR count). The Hall–Kier alpha value is -1.42. The van der Waals surface area contributed by atoms with Crippen LogP contribution in [0.3, 0.4) is 0 Å². The number of thiazole rings is 1. The van der Waals surface area contributed by atoms with Crippen molar-refractivity contribution in [2.45, 2.75) is 6.92 Å². The van der Waals surface area contributed by atoms with Crippen LogP contribution in [-0.2, 0) is 0 Å². The van der Waals surface area contributed by atoms with Crippen LogP contribution in [0, 0.1) is 0 Å². The summed E-state index contributed by atoms with van der Waals surface area (Å²) >= 11 is 1.42. The molecule has 0 bridgehead atoms. The molecule has 0 atom stereocenters. The summed E-state index contributed by atoms with van der Waals surface area (Å²) in [5.41, 5.74) is 0.888. The van der Waals surface area contributed by atoms with Crippen molar-refractivity contribution in [3.05, 3.63) is 29.3 Å². The quantitative estimate of drug-likeness (QED) is 0.817. The highest BCUT2D eigenvalue weighted by atomic mass is 32.1. The number of aromatic nitrogens is 1. The van der Waals surface area contributed by atoms with Crippen LogP contribution in [-0.4, -0.2) is 17.4 Å². The van der Waals surface area contributed by atoms with Crippen molar-refractivity contribution in [3.63, 3.8) is 0 Å². The van der Waals surface area contributed by atoms with E-state index in [0.29, 0.717) is 11.6 Å². The van der Waals surface area contributed by atoms with E-state index in [0.717, 1.165) is 10.2 Å². The molecule has 2 aromatic rings. The van der Waals surface area contributed by atoms with Crippen molar-refractivity contribution >= 4 is 27.5 Å². The standard InChI is InChI=1S/C10H10N2OS/c1-2-11-9(13)10-12-7-5-3-4-6-8(7)14-10/h3-6H,2H2,1H3,(H,11,13). The van der Waals surface area contributed by atoms with Gasteiger partial charge >= 0.3 is 0 Å². The number of carbonyl (C=O) groups excluding carboxylic acids is 1. The minimum atomic E-state index is -0.0892. The Morgan fingerprint density at radius 2 is 2.29 bits per heavy atom. The Morgan fingerprint density at radius 3 is 3.00 bits per heavy atom. The zero-order chi connectivity index (χ0) is 9.97. The molecule has 0 aliphatic carbocycles. The second-order valence-electron chi connectivity index (χ2n) is 2.85. The Kier molecular flexibility index (Phi) is 2.45. The summed E-state index contributed by atoms with van der Waals surface area (Å²) < 4.78 is 1.05. The third kappa shape index (κ3) is 1.61. The number of fused-ring (bicyclic) bond motifs is 1. The van der Waals surface area contributed by atoms with Crippen LogP contribution >= 0.6 is 11.3 Å². The Morgan fingerprint density at radius 1 is 1.50 bits per heavy atom. The number of hydrogen-bond donors (Lipinski definition) is 1. The summed E-state index contributed by atoms with van der Waals surface area (Å²) in [7, 11) is 0. The molecule has 1 N–H and O–H groups in total. The van der Waals surface area contributed by atoms with Gasteiger partial charge in [-0.2, -0.15) is 0 Å².